The Balaban J connectivity index is 1.60. The minimum atomic E-state index is -4.87. The molecule has 0 aliphatic rings. The van der Waals surface area contributed by atoms with Crippen molar-refractivity contribution >= 4 is 11.6 Å². The number of alkyl halides is 3. The molecular weight excluding hydrogens is 511 g/mol. The van der Waals surface area contributed by atoms with Crippen LogP contribution in [0.1, 0.15) is 48.0 Å². The van der Waals surface area contributed by atoms with Gasteiger partial charge in [-0.2, -0.15) is 5.10 Å². The second kappa shape index (κ2) is 10.5. The van der Waals surface area contributed by atoms with Crippen LogP contribution in [0.2, 0.25) is 0 Å². The molecular formula is C27H30F3N7O2. The highest BCUT2D eigenvalue weighted by atomic mass is 19.4. The lowest BCUT2D eigenvalue weighted by Gasteiger charge is -2.21. The molecule has 0 spiro atoms. The first-order valence-electron chi connectivity index (χ1n) is 12.2. The van der Waals surface area contributed by atoms with Crippen LogP contribution >= 0.6 is 0 Å². The third-order valence-corrected chi connectivity index (χ3v) is 6.00. The summed E-state index contributed by atoms with van der Waals surface area (Å²) in [5, 5.41) is 18.6. The van der Waals surface area contributed by atoms with Crippen LogP contribution in [0.4, 0.5) is 18.9 Å². The molecule has 0 radical (unpaired) electrons. The number of nitrogens with zero attached hydrogens (tertiary/aromatic N) is 5. The monoisotopic (exact) mass is 541 g/mol. The van der Waals surface area contributed by atoms with Crippen molar-refractivity contribution in [3.05, 3.63) is 71.2 Å². The van der Waals surface area contributed by atoms with Gasteiger partial charge in [-0.25, -0.2) is 4.68 Å². The first kappa shape index (κ1) is 27.8. The third-order valence-electron chi connectivity index (χ3n) is 6.00. The van der Waals surface area contributed by atoms with Crippen molar-refractivity contribution < 1.29 is 22.7 Å². The predicted octanol–water partition coefficient (Wildman–Crippen LogP) is 5.32. The molecule has 0 saturated heterocycles. The van der Waals surface area contributed by atoms with Crippen LogP contribution in [0.5, 0.6) is 5.75 Å². The predicted molar refractivity (Wildman–Crippen MR) is 141 cm³/mol. The topological polar surface area (TPSA) is 98.9 Å². The second-order valence-corrected chi connectivity index (χ2v) is 10.3. The molecule has 0 fully saturated rings. The zero-order valence-corrected chi connectivity index (χ0v) is 22.5. The van der Waals surface area contributed by atoms with Crippen LogP contribution in [0.25, 0.3) is 16.9 Å². The summed E-state index contributed by atoms with van der Waals surface area (Å²) < 4.78 is 46.3. The number of nitrogens with one attached hydrogen (secondary N) is 2. The van der Waals surface area contributed by atoms with Crippen LogP contribution in [0, 0.1) is 13.8 Å². The van der Waals surface area contributed by atoms with Crippen molar-refractivity contribution in [2.75, 3.05) is 5.32 Å². The number of carbonyl (C=O) groups is 1. The fourth-order valence-electron chi connectivity index (χ4n) is 3.85. The molecule has 0 aliphatic carbocycles. The van der Waals surface area contributed by atoms with Gasteiger partial charge in [-0.1, -0.05) is 11.3 Å². The molecule has 9 nitrogen and oxygen atoms in total. The summed E-state index contributed by atoms with van der Waals surface area (Å²) >= 11 is 0. The molecule has 0 atom stereocenters. The number of amides is 1. The molecule has 2 N–H and O–H groups in total. The third kappa shape index (κ3) is 7.02. The van der Waals surface area contributed by atoms with Crippen LogP contribution in [0.15, 0.2) is 48.8 Å². The van der Waals surface area contributed by atoms with Gasteiger partial charge in [0.25, 0.3) is 5.91 Å². The maximum absolute atomic E-state index is 13.2. The lowest BCUT2D eigenvalue weighted by atomic mass is 10.1. The maximum atomic E-state index is 13.2. The van der Waals surface area contributed by atoms with Crippen LogP contribution < -0.4 is 15.4 Å². The highest BCUT2D eigenvalue weighted by Gasteiger charge is 2.31. The molecule has 0 saturated carbocycles. The van der Waals surface area contributed by atoms with Crippen molar-refractivity contribution in [2.45, 2.75) is 53.1 Å². The fourth-order valence-corrected chi connectivity index (χ4v) is 3.85. The van der Waals surface area contributed by atoms with E-state index in [4.69, 9.17) is 0 Å². The molecule has 4 rings (SSSR count). The summed E-state index contributed by atoms with van der Waals surface area (Å²) in [4.78, 5) is 13.2. The van der Waals surface area contributed by atoms with E-state index < -0.39 is 18.0 Å². The molecule has 1 amide bonds. The molecule has 2 aromatic carbocycles. The zero-order chi connectivity index (χ0) is 28.5. The Kier molecular flexibility index (Phi) is 7.51. The zero-order valence-electron chi connectivity index (χ0n) is 22.5. The van der Waals surface area contributed by atoms with Gasteiger partial charge < -0.3 is 15.4 Å². The number of anilines is 1. The average molecular weight is 542 g/mol. The summed E-state index contributed by atoms with van der Waals surface area (Å²) in [6, 6.07) is 9.09. The largest absolute Gasteiger partial charge is 0.573 e. The van der Waals surface area contributed by atoms with Crippen molar-refractivity contribution in [1.29, 1.82) is 0 Å². The van der Waals surface area contributed by atoms with Gasteiger partial charge in [0.1, 0.15) is 11.4 Å². The van der Waals surface area contributed by atoms with E-state index in [-0.39, 0.29) is 17.8 Å². The molecule has 4 aromatic rings. The number of aryl methyl sites for hydroxylation is 2. The van der Waals surface area contributed by atoms with Crippen molar-refractivity contribution in [1.82, 2.24) is 30.1 Å². The van der Waals surface area contributed by atoms with Crippen molar-refractivity contribution in [3.8, 4) is 22.7 Å². The summed E-state index contributed by atoms with van der Waals surface area (Å²) in [7, 11) is 1.84. The van der Waals surface area contributed by atoms with Gasteiger partial charge in [-0.05, 0) is 70.0 Å². The Bertz CT molecular complexity index is 1500. The van der Waals surface area contributed by atoms with Crippen molar-refractivity contribution in [2.24, 2.45) is 7.05 Å². The molecule has 2 aromatic heterocycles. The van der Waals surface area contributed by atoms with E-state index >= 15 is 0 Å². The quantitative estimate of drug-likeness (QED) is 0.329. The van der Waals surface area contributed by atoms with E-state index in [2.05, 4.69) is 30.8 Å². The Morgan fingerprint density at radius 3 is 2.46 bits per heavy atom. The fraction of sp³-hybridized carbons (Fsp3) is 0.333. The van der Waals surface area contributed by atoms with Gasteiger partial charge in [-0.15, -0.1) is 18.3 Å². The number of carbonyl (C=O) groups excluding carboxylic acids is 1. The number of benzene rings is 2. The van der Waals surface area contributed by atoms with Crippen LogP contribution in [-0.2, 0) is 13.6 Å². The minimum absolute atomic E-state index is 0.171. The molecule has 2 heterocycles. The van der Waals surface area contributed by atoms with E-state index in [9.17, 15) is 18.0 Å². The summed E-state index contributed by atoms with van der Waals surface area (Å²) in [6.07, 6.45) is -1.41. The summed E-state index contributed by atoms with van der Waals surface area (Å²) in [5.74, 6) is -0.921. The molecule has 39 heavy (non-hydrogen) atoms. The van der Waals surface area contributed by atoms with Crippen molar-refractivity contribution in [3.63, 3.8) is 0 Å². The van der Waals surface area contributed by atoms with Gasteiger partial charge in [0.15, 0.2) is 0 Å². The highest BCUT2D eigenvalue weighted by Crippen LogP contribution is 2.28. The first-order chi connectivity index (χ1) is 18.2. The Morgan fingerprint density at radius 2 is 1.82 bits per heavy atom. The smallest absolute Gasteiger partial charge is 0.406 e. The van der Waals surface area contributed by atoms with E-state index in [0.29, 0.717) is 22.5 Å². The van der Waals surface area contributed by atoms with Crippen LogP contribution in [0.3, 0.4) is 0 Å². The second-order valence-electron chi connectivity index (χ2n) is 10.3. The summed E-state index contributed by atoms with van der Waals surface area (Å²) in [5.41, 5.74) is 4.61. The Hall–Kier alpha value is -4.19. The van der Waals surface area contributed by atoms with E-state index in [1.165, 1.54) is 6.07 Å². The lowest BCUT2D eigenvalue weighted by molar-refractivity contribution is -0.274. The standard InChI is InChI=1S/C27H30F3N7O2/c1-16-7-8-19(11-24(16)37-15-23(34-35-37)22-14-32-36(6)17(22)2)25(38)33-20-9-18(13-31-26(3,4)5)10-21(12-20)39-27(28,29)30/h7-12,14-15,31H,13H2,1-6H3,(H,33,38). The number of hydrogen-bond donors (Lipinski definition) is 2. The number of ether oxygens (including phenoxy) is 1. The molecule has 0 bridgehead atoms. The molecule has 0 aliphatic heterocycles. The minimum Gasteiger partial charge on any atom is -0.406 e. The van der Waals surface area contributed by atoms with E-state index in [1.807, 2.05) is 41.7 Å². The summed E-state index contributed by atoms with van der Waals surface area (Å²) in [6.45, 7) is 9.91. The highest BCUT2D eigenvalue weighted by molar-refractivity contribution is 6.04. The molecule has 0 unspecified atom stereocenters. The number of halogens is 3. The molecule has 12 heteroatoms. The normalized spacial score (nSPS) is 12.0. The Morgan fingerprint density at radius 1 is 1.08 bits per heavy atom. The number of aromatic nitrogens is 5. The molecule has 206 valence electrons. The van der Waals surface area contributed by atoms with Gasteiger partial charge >= 0.3 is 6.36 Å². The van der Waals surface area contributed by atoms with Crippen LogP contribution in [-0.4, -0.2) is 42.6 Å². The number of rotatable bonds is 7. The SMILES string of the molecule is Cc1ccc(C(=O)Nc2cc(CNC(C)(C)C)cc(OC(F)(F)F)c2)cc1-n1cc(-c2cnn(C)c2C)nn1. The average Bonchev–Trinajstić information content (AvgIpc) is 3.43. The Labute approximate surface area is 224 Å². The van der Waals surface area contributed by atoms with E-state index in [0.717, 1.165) is 22.9 Å². The van der Waals surface area contributed by atoms with Gasteiger partial charge in [0.2, 0.25) is 0 Å². The van der Waals surface area contributed by atoms with Gasteiger partial charge in [0.05, 0.1) is 18.1 Å². The lowest BCUT2D eigenvalue weighted by Crippen LogP contribution is -2.35. The maximum Gasteiger partial charge on any atom is 0.573 e. The van der Waals surface area contributed by atoms with Gasteiger partial charge in [0, 0.05) is 47.7 Å². The van der Waals surface area contributed by atoms with Gasteiger partial charge in [-0.3, -0.25) is 9.48 Å². The first-order valence-corrected chi connectivity index (χ1v) is 12.2. The van der Waals surface area contributed by atoms with E-state index in [1.54, 1.807) is 46.0 Å². The number of hydrogen-bond acceptors (Lipinski definition) is 6.